The van der Waals surface area contributed by atoms with E-state index in [1.54, 1.807) is 0 Å². The van der Waals surface area contributed by atoms with Crippen LogP contribution >= 0.6 is 0 Å². The van der Waals surface area contributed by atoms with Crippen molar-refractivity contribution >= 4 is 11.8 Å². The minimum absolute atomic E-state index is 0.155. The minimum atomic E-state index is -0.623. The average Bonchev–Trinajstić information content (AvgIpc) is 2.40. The third kappa shape index (κ3) is 2.12. The van der Waals surface area contributed by atoms with Gasteiger partial charge < -0.3 is 5.32 Å². The molecular formula is C10H18N2O2. The molecule has 1 saturated heterocycles. The van der Waals surface area contributed by atoms with Crippen LogP contribution in [0, 0.1) is 0 Å². The van der Waals surface area contributed by atoms with Crippen molar-refractivity contribution in [3.8, 4) is 0 Å². The van der Waals surface area contributed by atoms with Gasteiger partial charge in [-0.15, -0.1) is 0 Å². The fourth-order valence-electron chi connectivity index (χ4n) is 1.89. The molecule has 2 amide bonds. The predicted molar refractivity (Wildman–Crippen MR) is 53.7 cm³/mol. The summed E-state index contributed by atoms with van der Waals surface area (Å²) in [6.07, 6.45) is 3.04. The zero-order chi connectivity index (χ0) is 10.6. The molecule has 1 aliphatic heterocycles. The molecule has 4 nitrogen and oxygen atoms in total. The quantitative estimate of drug-likeness (QED) is 0.635. The molecule has 1 heterocycles. The van der Waals surface area contributed by atoms with Crippen molar-refractivity contribution in [2.45, 2.75) is 45.1 Å². The van der Waals surface area contributed by atoms with Crippen LogP contribution in [0.2, 0.25) is 0 Å². The standard InChI is InChI=1S/C10H18N2O2/c1-3-5-6-10(11-4-2)7-8(13)12-9(10)14/h11H,3-7H2,1-2H3,(H,12,13,14). The fraction of sp³-hybridized carbons (Fsp3) is 0.800. The molecule has 0 radical (unpaired) electrons. The summed E-state index contributed by atoms with van der Waals surface area (Å²) >= 11 is 0. The molecule has 1 aliphatic rings. The van der Waals surface area contributed by atoms with Gasteiger partial charge in [-0.05, 0) is 13.0 Å². The molecule has 0 aromatic rings. The number of rotatable bonds is 5. The minimum Gasteiger partial charge on any atom is -0.303 e. The van der Waals surface area contributed by atoms with Crippen LogP contribution in [0.15, 0.2) is 0 Å². The van der Waals surface area contributed by atoms with Crippen molar-refractivity contribution in [1.82, 2.24) is 10.6 Å². The van der Waals surface area contributed by atoms with E-state index in [1.807, 2.05) is 6.92 Å². The number of hydrogen-bond donors (Lipinski definition) is 2. The molecule has 0 aromatic heterocycles. The van der Waals surface area contributed by atoms with Gasteiger partial charge in [0.2, 0.25) is 11.8 Å². The first kappa shape index (κ1) is 11.2. The van der Waals surface area contributed by atoms with Crippen LogP contribution < -0.4 is 10.6 Å². The Kier molecular flexibility index (Phi) is 3.63. The number of unbranched alkanes of at least 4 members (excludes halogenated alkanes) is 1. The van der Waals surface area contributed by atoms with Gasteiger partial charge in [0.15, 0.2) is 0 Å². The summed E-state index contributed by atoms with van der Waals surface area (Å²) < 4.78 is 0. The van der Waals surface area contributed by atoms with Gasteiger partial charge in [0, 0.05) is 0 Å². The first-order valence-electron chi connectivity index (χ1n) is 5.24. The lowest BCUT2D eigenvalue weighted by Crippen LogP contribution is -2.50. The number of carbonyl (C=O) groups excluding carboxylic acids is 2. The number of imide groups is 1. The number of likely N-dealkylation sites (N-methyl/N-ethyl adjacent to an activating group) is 1. The van der Waals surface area contributed by atoms with Crippen molar-refractivity contribution < 1.29 is 9.59 Å². The predicted octanol–water partition coefficient (Wildman–Crippen LogP) is 0.571. The zero-order valence-corrected chi connectivity index (χ0v) is 8.85. The molecular weight excluding hydrogens is 180 g/mol. The molecule has 4 heteroatoms. The second-order valence-corrected chi connectivity index (χ2v) is 3.77. The highest BCUT2D eigenvalue weighted by atomic mass is 16.2. The van der Waals surface area contributed by atoms with E-state index in [4.69, 9.17) is 0 Å². The molecule has 14 heavy (non-hydrogen) atoms. The van der Waals surface area contributed by atoms with Crippen LogP contribution in [0.25, 0.3) is 0 Å². The molecule has 1 rings (SSSR count). The van der Waals surface area contributed by atoms with Gasteiger partial charge in [-0.1, -0.05) is 26.7 Å². The van der Waals surface area contributed by atoms with E-state index in [2.05, 4.69) is 17.6 Å². The van der Waals surface area contributed by atoms with Crippen molar-refractivity contribution in [3.05, 3.63) is 0 Å². The largest absolute Gasteiger partial charge is 0.303 e. The number of hydrogen-bond acceptors (Lipinski definition) is 3. The highest BCUT2D eigenvalue weighted by Crippen LogP contribution is 2.23. The lowest BCUT2D eigenvalue weighted by atomic mass is 9.91. The summed E-state index contributed by atoms with van der Waals surface area (Å²) in [7, 11) is 0. The van der Waals surface area contributed by atoms with E-state index in [9.17, 15) is 9.59 Å². The maximum absolute atomic E-state index is 11.6. The van der Waals surface area contributed by atoms with Crippen LogP contribution in [0.4, 0.5) is 0 Å². The first-order valence-corrected chi connectivity index (χ1v) is 5.24. The van der Waals surface area contributed by atoms with Crippen LogP contribution in [0.1, 0.15) is 39.5 Å². The highest BCUT2D eigenvalue weighted by molar-refractivity contribution is 6.08. The highest BCUT2D eigenvalue weighted by Gasteiger charge is 2.45. The summed E-state index contributed by atoms with van der Waals surface area (Å²) in [6, 6.07) is 0. The number of carbonyl (C=O) groups is 2. The van der Waals surface area contributed by atoms with Gasteiger partial charge in [0.05, 0.1) is 6.42 Å². The van der Waals surface area contributed by atoms with Crippen molar-refractivity contribution in [2.24, 2.45) is 0 Å². The fourth-order valence-corrected chi connectivity index (χ4v) is 1.89. The van der Waals surface area contributed by atoms with Crippen molar-refractivity contribution in [2.75, 3.05) is 6.54 Å². The molecule has 1 atom stereocenters. The van der Waals surface area contributed by atoms with Crippen LogP contribution in [-0.2, 0) is 9.59 Å². The Balaban J connectivity index is 2.70. The van der Waals surface area contributed by atoms with Gasteiger partial charge in [-0.25, -0.2) is 0 Å². The Labute approximate surface area is 84.4 Å². The number of amides is 2. The van der Waals surface area contributed by atoms with E-state index in [0.29, 0.717) is 13.0 Å². The Morgan fingerprint density at radius 3 is 2.57 bits per heavy atom. The smallest absolute Gasteiger partial charge is 0.247 e. The third-order valence-electron chi connectivity index (χ3n) is 2.62. The second kappa shape index (κ2) is 4.55. The van der Waals surface area contributed by atoms with E-state index < -0.39 is 5.54 Å². The average molecular weight is 198 g/mol. The van der Waals surface area contributed by atoms with Crippen LogP contribution in [-0.4, -0.2) is 23.9 Å². The SMILES string of the molecule is CCCCC1(NCC)CC(=O)NC1=O. The normalized spacial score (nSPS) is 26.7. The molecule has 0 aromatic carbocycles. The van der Waals surface area contributed by atoms with E-state index >= 15 is 0 Å². The molecule has 1 fully saturated rings. The Bertz CT molecular complexity index is 240. The summed E-state index contributed by atoms with van der Waals surface area (Å²) in [6.45, 7) is 4.74. The molecule has 0 aliphatic carbocycles. The monoisotopic (exact) mass is 198 g/mol. The lowest BCUT2D eigenvalue weighted by Gasteiger charge is -2.25. The maximum Gasteiger partial charge on any atom is 0.247 e. The molecule has 80 valence electrons. The van der Waals surface area contributed by atoms with Crippen LogP contribution in [0.3, 0.4) is 0 Å². The molecule has 1 unspecified atom stereocenters. The third-order valence-corrected chi connectivity index (χ3v) is 2.62. The van der Waals surface area contributed by atoms with Gasteiger partial charge in [-0.2, -0.15) is 0 Å². The summed E-state index contributed by atoms with van der Waals surface area (Å²) in [5.74, 6) is -0.315. The number of nitrogens with one attached hydrogen (secondary N) is 2. The van der Waals surface area contributed by atoms with Gasteiger partial charge in [0.1, 0.15) is 5.54 Å². The Morgan fingerprint density at radius 2 is 2.14 bits per heavy atom. The van der Waals surface area contributed by atoms with Gasteiger partial charge in [0.25, 0.3) is 0 Å². The summed E-state index contributed by atoms with van der Waals surface area (Å²) in [4.78, 5) is 22.7. The Morgan fingerprint density at radius 1 is 1.43 bits per heavy atom. The van der Waals surface area contributed by atoms with Gasteiger partial charge >= 0.3 is 0 Å². The summed E-state index contributed by atoms with van der Waals surface area (Å²) in [5, 5.41) is 5.50. The molecule has 0 spiro atoms. The molecule has 0 bridgehead atoms. The molecule has 2 N–H and O–H groups in total. The van der Waals surface area contributed by atoms with Crippen LogP contribution in [0.5, 0.6) is 0 Å². The zero-order valence-electron chi connectivity index (χ0n) is 8.85. The lowest BCUT2D eigenvalue weighted by molar-refractivity contribution is -0.127. The van der Waals surface area contributed by atoms with E-state index in [1.165, 1.54) is 0 Å². The topological polar surface area (TPSA) is 58.2 Å². The van der Waals surface area contributed by atoms with Crippen molar-refractivity contribution in [3.63, 3.8) is 0 Å². The molecule has 0 saturated carbocycles. The Hall–Kier alpha value is -0.900. The van der Waals surface area contributed by atoms with E-state index in [0.717, 1.165) is 19.3 Å². The second-order valence-electron chi connectivity index (χ2n) is 3.77. The van der Waals surface area contributed by atoms with Gasteiger partial charge in [-0.3, -0.25) is 14.9 Å². The van der Waals surface area contributed by atoms with E-state index in [-0.39, 0.29) is 11.8 Å². The van der Waals surface area contributed by atoms with Crippen molar-refractivity contribution in [1.29, 1.82) is 0 Å². The maximum atomic E-state index is 11.6. The first-order chi connectivity index (χ1) is 6.64. The summed E-state index contributed by atoms with van der Waals surface area (Å²) in [5.41, 5.74) is -0.623.